The van der Waals surface area contributed by atoms with Crippen LogP contribution in [0.4, 0.5) is 0 Å². The van der Waals surface area contributed by atoms with Crippen molar-refractivity contribution in [2.24, 2.45) is 5.92 Å². The molecule has 204 valence electrons. The first-order valence-corrected chi connectivity index (χ1v) is 15.9. The summed E-state index contributed by atoms with van der Waals surface area (Å²) < 4.78 is 5.64. The Kier molecular flexibility index (Phi) is 28.3. The van der Waals surface area contributed by atoms with Gasteiger partial charge in [0.15, 0.2) is 0 Å². The number of unbranched alkanes of at least 4 members (excludes halogenated alkanes) is 20. The number of ether oxygens (including phenoxy) is 1. The summed E-state index contributed by atoms with van der Waals surface area (Å²) in [5.41, 5.74) is 0. The first-order chi connectivity index (χ1) is 16.7. The summed E-state index contributed by atoms with van der Waals surface area (Å²) in [7, 11) is 0. The van der Waals surface area contributed by atoms with Gasteiger partial charge in [-0.15, -0.1) is 0 Å². The molecule has 0 aromatic heterocycles. The maximum Gasteiger partial charge on any atom is 0.306 e. The molecule has 2 nitrogen and oxygen atoms in total. The maximum atomic E-state index is 12.5. The van der Waals surface area contributed by atoms with Crippen LogP contribution >= 0.6 is 0 Å². The molecule has 0 aromatic rings. The molecule has 0 aromatic carbocycles. The van der Waals surface area contributed by atoms with Crippen LogP contribution in [0, 0.1) is 5.92 Å². The first-order valence-electron chi connectivity index (χ1n) is 15.9. The standard InChI is InChI=1S/C32H64O2/c1-4-7-10-13-16-17-18-19-20-23-26-29-34-32(33)30-31(27-24-21-14-11-8-5-2)28-25-22-15-12-9-6-3/h31H,4-30H2,1-3H3. The number of hydrogen-bond acceptors (Lipinski definition) is 2. The Morgan fingerprint density at radius 2 is 0.794 bits per heavy atom. The van der Waals surface area contributed by atoms with Crippen LogP contribution in [-0.4, -0.2) is 12.6 Å². The molecule has 0 spiro atoms. The van der Waals surface area contributed by atoms with Crippen LogP contribution in [0.15, 0.2) is 0 Å². The van der Waals surface area contributed by atoms with E-state index in [1.54, 1.807) is 0 Å². The molecular weight excluding hydrogens is 416 g/mol. The van der Waals surface area contributed by atoms with Gasteiger partial charge in [0.25, 0.3) is 0 Å². The molecule has 0 bridgehead atoms. The van der Waals surface area contributed by atoms with E-state index in [1.807, 2.05) is 0 Å². The minimum Gasteiger partial charge on any atom is -0.466 e. The lowest BCUT2D eigenvalue weighted by Crippen LogP contribution is -2.13. The maximum absolute atomic E-state index is 12.5. The molecule has 0 heterocycles. The molecule has 34 heavy (non-hydrogen) atoms. The van der Waals surface area contributed by atoms with Crippen molar-refractivity contribution < 1.29 is 9.53 Å². The van der Waals surface area contributed by atoms with Crippen LogP contribution in [0.25, 0.3) is 0 Å². The molecule has 0 saturated heterocycles. The van der Waals surface area contributed by atoms with Crippen molar-refractivity contribution in [1.29, 1.82) is 0 Å². The highest BCUT2D eigenvalue weighted by Gasteiger charge is 2.15. The monoisotopic (exact) mass is 480 g/mol. The topological polar surface area (TPSA) is 26.3 Å². The van der Waals surface area contributed by atoms with Gasteiger partial charge >= 0.3 is 5.97 Å². The van der Waals surface area contributed by atoms with Crippen molar-refractivity contribution in [3.63, 3.8) is 0 Å². The van der Waals surface area contributed by atoms with Gasteiger partial charge in [-0.2, -0.15) is 0 Å². The Morgan fingerprint density at radius 1 is 0.471 bits per heavy atom. The molecule has 0 N–H and O–H groups in total. The van der Waals surface area contributed by atoms with Crippen molar-refractivity contribution >= 4 is 5.97 Å². The number of hydrogen-bond donors (Lipinski definition) is 0. The van der Waals surface area contributed by atoms with Gasteiger partial charge in [0, 0.05) is 6.42 Å². The molecule has 0 saturated carbocycles. The quantitative estimate of drug-likeness (QED) is 0.0821. The molecule has 0 aliphatic rings. The van der Waals surface area contributed by atoms with Crippen LogP contribution in [0.1, 0.15) is 188 Å². The van der Waals surface area contributed by atoms with E-state index in [1.165, 1.54) is 154 Å². The normalized spacial score (nSPS) is 11.4. The predicted molar refractivity (Wildman–Crippen MR) is 152 cm³/mol. The fourth-order valence-electron chi connectivity index (χ4n) is 5.02. The third-order valence-electron chi connectivity index (χ3n) is 7.40. The molecule has 2 heteroatoms. The molecule has 0 aliphatic carbocycles. The van der Waals surface area contributed by atoms with Gasteiger partial charge in [-0.3, -0.25) is 4.79 Å². The highest BCUT2D eigenvalue weighted by atomic mass is 16.5. The zero-order valence-corrected chi connectivity index (χ0v) is 24.0. The van der Waals surface area contributed by atoms with E-state index >= 15 is 0 Å². The molecule has 0 radical (unpaired) electrons. The molecular formula is C32H64O2. The summed E-state index contributed by atoms with van der Waals surface area (Å²) in [6.07, 6.45) is 33.8. The largest absolute Gasteiger partial charge is 0.466 e. The number of carbonyl (C=O) groups excluding carboxylic acids is 1. The van der Waals surface area contributed by atoms with Gasteiger partial charge in [-0.1, -0.05) is 162 Å². The Hall–Kier alpha value is -0.530. The zero-order valence-electron chi connectivity index (χ0n) is 24.0. The highest BCUT2D eigenvalue weighted by molar-refractivity contribution is 5.69. The third kappa shape index (κ3) is 26.1. The molecule has 0 unspecified atom stereocenters. The summed E-state index contributed by atoms with van der Waals surface area (Å²) in [6.45, 7) is 7.47. The van der Waals surface area contributed by atoms with E-state index in [0.29, 0.717) is 18.9 Å². The van der Waals surface area contributed by atoms with Crippen LogP contribution in [0.5, 0.6) is 0 Å². The average molecular weight is 481 g/mol. The summed E-state index contributed by atoms with van der Waals surface area (Å²) in [6, 6.07) is 0. The molecule has 0 aliphatic heterocycles. The van der Waals surface area contributed by atoms with Gasteiger partial charge in [-0.25, -0.2) is 0 Å². The second-order valence-corrected chi connectivity index (χ2v) is 10.9. The first kappa shape index (κ1) is 33.5. The lowest BCUT2D eigenvalue weighted by Gasteiger charge is -2.16. The van der Waals surface area contributed by atoms with Gasteiger partial charge in [-0.05, 0) is 25.2 Å². The molecule has 0 rings (SSSR count). The number of rotatable bonds is 28. The number of esters is 1. The van der Waals surface area contributed by atoms with E-state index in [0.717, 1.165) is 6.42 Å². The Labute approximate surface area is 215 Å². The van der Waals surface area contributed by atoms with Crippen molar-refractivity contribution in [3.8, 4) is 0 Å². The van der Waals surface area contributed by atoms with Crippen LogP contribution < -0.4 is 0 Å². The van der Waals surface area contributed by atoms with E-state index < -0.39 is 0 Å². The second-order valence-electron chi connectivity index (χ2n) is 10.9. The van der Waals surface area contributed by atoms with Crippen LogP contribution in [-0.2, 0) is 9.53 Å². The second kappa shape index (κ2) is 28.7. The third-order valence-corrected chi connectivity index (χ3v) is 7.40. The van der Waals surface area contributed by atoms with E-state index in [4.69, 9.17) is 4.74 Å². The van der Waals surface area contributed by atoms with Crippen molar-refractivity contribution in [1.82, 2.24) is 0 Å². The molecule has 0 amide bonds. The van der Waals surface area contributed by atoms with Crippen molar-refractivity contribution in [2.45, 2.75) is 188 Å². The van der Waals surface area contributed by atoms with Gasteiger partial charge in [0.05, 0.1) is 6.61 Å². The minimum absolute atomic E-state index is 0.0639. The minimum atomic E-state index is 0.0639. The summed E-state index contributed by atoms with van der Waals surface area (Å²) >= 11 is 0. The number of carbonyl (C=O) groups is 1. The molecule has 0 atom stereocenters. The highest BCUT2D eigenvalue weighted by Crippen LogP contribution is 2.23. The van der Waals surface area contributed by atoms with E-state index in [2.05, 4.69) is 20.8 Å². The fourth-order valence-corrected chi connectivity index (χ4v) is 5.02. The van der Waals surface area contributed by atoms with E-state index in [9.17, 15) is 4.79 Å². The molecule has 0 fully saturated rings. The Balaban J connectivity index is 3.86. The van der Waals surface area contributed by atoms with Crippen molar-refractivity contribution in [2.75, 3.05) is 6.61 Å². The van der Waals surface area contributed by atoms with E-state index in [-0.39, 0.29) is 5.97 Å². The predicted octanol–water partition coefficient (Wildman–Crippen LogP) is 11.3. The smallest absolute Gasteiger partial charge is 0.306 e. The SMILES string of the molecule is CCCCCCCCCCCCCOC(=O)CC(CCCCCCCC)CCCCCCCC. The van der Waals surface area contributed by atoms with Crippen LogP contribution in [0.3, 0.4) is 0 Å². The van der Waals surface area contributed by atoms with Crippen molar-refractivity contribution in [3.05, 3.63) is 0 Å². The van der Waals surface area contributed by atoms with Gasteiger partial charge in [0.1, 0.15) is 0 Å². The zero-order chi connectivity index (χ0) is 25.0. The van der Waals surface area contributed by atoms with Crippen LogP contribution in [0.2, 0.25) is 0 Å². The Bertz CT molecular complexity index is 376. The lowest BCUT2D eigenvalue weighted by molar-refractivity contribution is -0.145. The summed E-state index contributed by atoms with van der Waals surface area (Å²) in [4.78, 5) is 12.5. The Morgan fingerprint density at radius 3 is 1.18 bits per heavy atom. The van der Waals surface area contributed by atoms with Gasteiger partial charge < -0.3 is 4.74 Å². The fraction of sp³-hybridized carbons (Fsp3) is 0.969. The summed E-state index contributed by atoms with van der Waals surface area (Å²) in [5, 5.41) is 0. The lowest BCUT2D eigenvalue weighted by atomic mass is 9.91. The summed E-state index contributed by atoms with van der Waals surface area (Å²) in [5.74, 6) is 0.608. The average Bonchev–Trinajstić information content (AvgIpc) is 2.83. The van der Waals surface area contributed by atoms with Gasteiger partial charge in [0.2, 0.25) is 0 Å².